The lowest BCUT2D eigenvalue weighted by Gasteiger charge is -2.25. The van der Waals surface area contributed by atoms with Gasteiger partial charge in [-0.15, -0.1) is 0 Å². The third kappa shape index (κ3) is 4.26. The number of halogens is 1. The van der Waals surface area contributed by atoms with Gasteiger partial charge in [-0.25, -0.2) is 8.42 Å². The van der Waals surface area contributed by atoms with Crippen LogP contribution in [0.2, 0.25) is 5.02 Å². The van der Waals surface area contributed by atoms with E-state index in [-0.39, 0.29) is 11.4 Å². The molecule has 0 saturated carbocycles. The van der Waals surface area contributed by atoms with E-state index in [0.29, 0.717) is 16.5 Å². The van der Waals surface area contributed by atoms with Crippen LogP contribution in [0.15, 0.2) is 77.7 Å². The van der Waals surface area contributed by atoms with Gasteiger partial charge in [-0.3, -0.25) is 4.31 Å². The highest BCUT2D eigenvalue weighted by molar-refractivity contribution is 7.92. The van der Waals surface area contributed by atoms with Crippen molar-refractivity contribution < 1.29 is 13.2 Å². The van der Waals surface area contributed by atoms with Gasteiger partial charge in [0, 0.05) is 11.1 Å². The number of nitrogens with zero attached hydrogens (tertiary/aromatic N) is 1. The molecule has 6 heteroatoms. The Labute approximate surface area is 165 Å². The zero-order valence-corrected chi connectivity index (χ0v) is 16.7. The molecule has 0 aromatic heterocycles. The van der Waals surface area contributed by atoms with E-state index in [2.05, 4.69) is 0 Å². The average Bonchev–Trinajstić information content (AvgIpc) is 2.69. The topological polar surface area (TPSA) is 46.6 Å². The molecule has 0 unspecified atom stereocenters. The Balaban J connectivity index is 2.11. The molecular formula is C21H20ClNO3S. The third-order valence-corrected chi connectivity index (χ3v) is 6.42. The van der Waals surface area contributed by atoms with E-state index < -0.39 is 10.0 Å². The van der Waals surface area contributed by atoms with Gasteiger partial charge in [-0.1, -0.05) is 54.1 Å². The van der Waals surface area contributed by atoms with Crippen LogP contribution < -0.4 is 9.04 Å². The monoisotopic (exact) mass is 401 g/mol. The van der Waals surface area contributed by atoms with Gasteiger partial charge >= 0.3 is 0 Å². The Hall–Kier alpha value is -2.50. The number of hydrogen-bond acceptors (Lipinski definition) is 3. The molecule has 0 amide bonds. The summed E-state index contributed by atoms with van der Waals surface area (Å²) >= 11 is 6.18. The quantitative estimate of drug-likeness (QED) is 0.580. The van der Waals surface area contributed by atoms with Crippen LogP contribution >= 0.6 is 11.6 Å². The van der Waals surface area contributed by atoms with Gasteiger partial charge in [0.05, 0.1) is 24.2 Å². The van der Waals surface area contributed by atoms with Gasteiger partial charge in [0.15, 0.2) is 0 Å². The lowest BCUT2D eigenvalue weighted by atomic mass is 10.2. The standard InChI is InChI=1S/C21H20ClNO3S/c1-16-11-12-20(14-21(16)22)27(24,25)23(15-17-7-4-3-5-8-17)18-9-6-10-19(13-18)26-2/h3-14H,15H2,1-2H3. The Kier molecular flexibility index (Phi) is 5.73. The van der Waals surface area contributed by atoms with Gasteiger partial charge in [-0.2, -0.15) is 0 Å². The van der Waals surface area contributed by atoms with Crippen LogP contribution in [0.1, 0.15) is 11.1 Å². The summed E-state index contributed by atoms with van der Waals surface area (Å²) < 4.78 is 33.5. The van der Waals surface area contributed by atoms with Crippen molar-refractivity contribution in [3.8, 4) is 5.75 Å². The lowest BCUT2D eigenvalue weighted by Crippen LogP contribution is -2.30. The molecule has 4 nitrogen and oxygen atoms in total. The molecule has 0 fully saturated rings. The van der Waals surface area contributed by atoms with Crippen LogP contribution in [0, 0.1) is 6.92 Å². The van der Waals surface area contributed by atoms with E-state index in [9.17, 15) is 8.42 Å². The molecule has 0 atom stereocenters. The second-order valence-corrected chi connectivity index (χ2v) is 8.38. The fourth-order valence-electron chi connectivity index (χ4n) is 2.69. The van der Waals surface area contributed by atoms with E-state index in [1.54, 1.807) is 43.5 Å². The number of ether oxygens (including phenoxy) is 1. The van der Waals surface area contributed by atoms with Crippen LogP contribution in [0.25, 0.3) is 0 Å². The second-order valence-electron chi connectivity index (χ2n) is 6.11. The Morgan fingerprint density at radius 1 is 0.963 bits per heavy atom. The molecule has 0 aliphatic heterocycles. The minimum absolute atomic E-state index is 0.150. The molecule has 0 spiro atoms. The van der Waals surface area contributed by atoms with Gasteiger partial charge in [0.25, 0.3) is 10.0 Å². The van der Waals surface area contributed by atoms with Gasteiger partial charge in [0.1, 0.15) is 5.75 Å². The first-order chi connectivity index (χ1) is 12.9. The zero-order chi connectivity index (χ0) is 19.4. The predicted octanol–water partition coefficient (Wildman–Crippen LogP) is 5.05. The summed E-state index contributed by atoms with van der Waals surface area (Å²) in [4.78, 5) is 0.150. The minimum Gasteiger partial charge on any atom is -0.497 e. The van der Waals surface area contributed by atoms with Crippen molar-refractivity contribution in [2.45, 2.75) is 18.4 Å². The maximum absolute atomic E-state index is 13.4. The molecule has 0 aliphatic carbocycles. The third-order valence-electron chi connectivity index (χ3n) is 4.24. The summed E-state index contributed by atoms with van der Waals surface area (Å²) in [5.41, 5.74) is 2.23. The maximum atomic E-state index is 13.4. The highest BCUT2D eigenvalue weighted by Crippen LogP contribution is 2.30. The number of anilines is 1. The Morgan fingerprint density at radius 2 is 1.70 bits per heavy atom. The van der Waals surface area contributed by atoms with Crippen molar-refractivity contribution in [1.82, 2.24) is 0 Å². The van der Waals surface area contributed by atoms with E-state index in [1.165, 1.54) is 10.4 Å². The number of methoxy groups -OCH3 is 1. The average molecular weight is 402 g/mol. The Bertz CT molecular complexity index is 1040. The van der Waals surface area contributed by atoms with E-state index in [1.807, 2.05) is 37.3 Å². The molecule has 0 heterocycles. The molecule has 0 N–H and O–H groups in total. The summed E-state index contributed by atoms with van der Waals surface area (Å²) in [6, 6.07) is 21.2. The van der Waals surface area contributed by atoms with Gasteiger partial charge < -0.3 is 4.74 Å². The smallest absolute Gasteiger partial charge is 0.264 e. The number of hydrogen-bond donors (Lipinski definition) is 0. The molecular weight excluding hydrogens is 382 g/mol. The number of rotatable bonds is 6. The molecule has 3 aromatic rings. The number of aryl methyl sites for hydroxylation is 1. The van der Waals surface area contributed by atoms with Crippen molar-refractivity contribution in [2.24, 2.45) is 0 Å². The normalized spacial score (nSPS) is 11.2. The summed E-state index contributed by atoms with van der Waals surface area (Å²) in [7, 11) is -2.27. The van der Waals surface area contributed by atoms with Crippen LogP contribution in [-0.2, 0) is 16.6 Å². The van der Waals surface area contributed by atoms with E-state index in [4.69, 9.17) is 16.3 Å². The molecule has 0 aliphatic rings. The SMILES string of the molecule is COc1cccc(N(Cc2ccccc2)S(=O)(=O)c2ccc(C)c(Cl)c2)c1. The van der Waals surface area contributed by atoms with Crippen LogP contribution in [0.4, 0.5) is 5.69 Å². The van der Waals surface area contributed by atoms with Crippen LogP contribution in [0.5, 0.6) is 5.75 Å². The maximum Gasteiger partial charge on any atom is 0.264 e. The van der Waals surface area contributed by atoms with Crippen molar-refractivity contribution >= 4 is 27.3 Å². The molecule has 0 radical (unpaired) electrons. The molecule has 3 aromatic carbocycles. The summed E-state index contributed by atoms with van der Waals surface area (Å²) in [6.45, 7) is 2.03. The molecule has 27 heavy (non-hydrogen) atoms. The first kappa shape index (κ1) is 19.3. The molecule has 140 valence electrons. The highest BCUT2D eigenvalue weighted by Gasteiger charge is 2.26. The molecule has 0 saturated heterocycles. The van der Waals surface area contributed by atoms with Crippen molar-refractivity contribution in [3.05, 3.63) is 88.9 Å². The van der Waals surface area contributed by atoms with Crippen molar-refractivity contribution in [2.75, 3.05) is 11.4 Å². The first-order valence-electron chi connectivity index (χ1n) is 8.38. The van der Waals surface area contributed by atoms with E-state index >= 15 is 0 Å². The first-order valence-corrected chi connectivity index (χ1v) is 10.2. The summed E-state index contributed by atoms with van der Waals surface area (Å²) in [5, 5.41) is 0.418. The van der Waals surface area contributed by atoms with Crippen LogP contribution in [-0.4, -0.2) is 15.5 Å². The van der Waals surface area contributed by atoms with Crippen molar-refractivity contribution in [3.63, 3.8) is 0 Å². The van der Waals surface area contributed by atoms with Crippen LogP contribution in [0.3, 0.4) is 0 Å². The predicted molar refractivity (Wildman–Crippen MR) is 109 cm³/mol. The fourth-order valence-corrected chi connectivity index (χ4v) is 4.41. The fraction of sp³-hybridized carbons (Fsp3) is 0.143. The van der Waals surface area contributed by atoms with Crippen molar-refractivity contribution in [1.29, 1.82) is 0 Å². The van der Waals surface area contributed by atoms with E-state index in [0.717, 1.165) is 11.1 Å². The largest absolute Gasteiger partial charge is 0.497 e. The lowest BCUT2D eigenvalue weighted by molar-refractivity contribution is 0.415. The second kappa shape index (κ2) is 8.03. The van der Waals surface area contributed by atoms with Gasteiger partial charge in [-0.05, 0) is 42.3 Å². The highest BCUT2D eigenvalue weighted by atomic mass is 35.5. The molecule has 3 rings (SSSR count). The summed E-state index contributed by atoms with van der Waals surface area (Å²) in [5.74, 6) is 0.586. The number of benzene rings is 3. The summed E-state index contributed by atoms with van der Waals surface area (Å²) in [6.07, 6.45) is 0. The Morgan fingerprint density at radius 3 is 2.37 bits per heavy atom. The minimum atomic E-state index is -3.82. The molecule has 0 bridgehead atoms. The number of sulfonamides is 1. The van der Waals surface area contributed by atoms with Gasteiger partial charge in [0.2, 0.25) is 0 Å². The zero-order valence-electron chi connectivity index (χ0n) is 15.1.